The highest BCUT2D eigenvalue weighted by Gasteiger charge is 2.28. The number of likely N-dealkylation sites (tertiary alicyclic amines) is 1. The van der Waals surface area contributed by atoms with Crippen molar-refractivity contribution >= 4 is 0 Å². The molecule has 0 bridgehead atoms. The first-order valence-corrected chi connectivity index (χ1v) is 18.4. The molecule has 6 rings (SSSR count). The van der Waals surface area contributed by atoms with Gasteiger partial charge in [-0.1, -0.05) is 37.3 Å². The molecule has 1 aliphatic carbocycles. The molecule has 0 N–H and O–H groups in total. The quantitative estimate of drug-likeness (QED) is 0.120. The van der Waals surface area contributed by atoms with E-state index in [4.69, 9.17) is 33.2 Å². The molecule has 286 valence electrons. The summed E-state index contributed by atoms with van der Waals surface area (Å²) in [5.41, 5.74) is 7.56. The van der Waals surface area contributed by atoms with Gasteiger partial charge in [0.25, 0.3) is 0 Å². The fraction of sp³-hybridized carbons (Fsp3) is 0.386. The molecule has 1 aromatic heterocycles. The van der Waals surface area contributed by atoms with E-state index in [0.29, 0.717) is 40.5 Å². The van der Waals surface area contributed by atoms with Crippen molar-refractivity contribution in [2.45, 2.75) is 45.0 Å². The summed E-state index contributed by atoms with van der Waals surface area (Å²) in [7, 11) is 11.6. The number of allylic oxidation sites excluding steroid dienone is 1. The Bertz CT molecular complexity index is 1900. The maximum atomic E-state index is 5.75. The Hall–Kier alpha value is -5.19. The number of hydrogen-bond acceptors (Lipinski definition) is 10. The van der Waals surface area contributed by atoms with Crippen LogP contribution in [0.3, 0.4) is 0 Å². The molecule has 0 amide bonds. The van der Waals surface area contributed by atoms with Crippen molar-refractivity contribution in [3.63, 3.8) is 0 Å². The predicted octanol–water partition coefficient (Wildman–Crippen LogP) is 8.04. The second-order valence-electron chi connectivity index (χ2n) is 13.7. The number of piperidine rings is 1. The van der Waals surface area contributed by atoms with Crippen LogP contribution >= 0.6 is 0 Å². The number of hydrogen-bond donors (Lipinski definition) is 0. The van der Waals surface area contributed by atoms with Gasteiger partial charge in [-0.15, -0.1) is 0 Å². The van der Waals surface area contributed by atoms with E-state index >= 15 is 0 Å². The van der Waals surface area contributed by atoms with E-state index in [0.717, 1.165) is 61.4 Å². The second kappa shape index (κ2) is 17.8. The molecule has 2 unspecified atom stereocenters. The number of nitrogens with zero attached hydrogens (tertiary/aromatic N) is 3. The number of aromatic nitrogens is 1. The van der Waals surface area contributed by atoms with Crippen LogP contribution in [0.25, 0.3) is 22.4 Å². The van der Waals surface area contributed by atoms with Crippen LogP contribution in [0.5, 0.6) is 34.5 Å². The highest BCUT2D eigenvalue weighted by Crippen LogP contribution is 2.42. The second-order valence-corrected chi connectivity index (χ2v) is 13.7. The highest BCUT2D eigenvalue weighted by molar-refractivity contribution is 5.72. The van der Waals surface area contributed by atoms with Gasteiger partial charge in [-0.2, -0.15) is 0 Å². The van der Waals surface area contributed by atoms with Crippen LogP contribution in [0, 0.1) is 5.92 Å². The van der Waals surface area contributed by atoms with Crippen LogP contribution in [-0.2, 0) is 17.8 Å². The van der Waals surface area contributed by atoms with Gasteiger partial charge >= 0.3 is 0 Å². The van der Waals surface area contributed by atoms with Crippen LogP contribution in [0.1, 0.15) is 30.9 Å². The zero-order valence-electron chi connectivity index (χ0n) is 32.8. The van der Waals surface area contributed by atoms with Gasteiger partial charge in [0.05, 0.1) is 54.5 Å². The Balaban J connectivity index is 1.20. The number of benzene rings is 3. The molecule has 10 nitrogen and oxygen atoms in total. The smallest absolute Gasteiger partial charge is 0.203 e. The lowest BCUT2D eigenvalue weighted by Crippen LogP contribution is -2.44. The lowest BCUT2D eigenvalue weighted by molar-refractivity contribution is 0.103. The van der Waals surface area contributed by atoms with E-state index in [9.17, 15) is 0 Å². The summed E-state index contributed by atoms with van der Waals surface area (Å²) >= 11 is 0. The minimum absolute atomic E-state index is 0.0751. The third-order valence-corrected chi connectivity index (χ3v) is 10.5. The van der Waals surface area contributed by atoms with Gasteiger partial charge in [-0.3, -0.25) is 9.88 Å². The summed E-state index contributed by atoms with van der Waals surface area (Å²) in [6.45, 7) is 5.83. The molecule has 0 saturated carbocycles. The Morgan fingerprint density at radius 1 is 0.685 bits per heavy atom. The Labute approximate surface area is 319 Å². The monoisotopic (exact) mass is 735 g/mol. The number of pyridine rings is 1. The van der Waals surface area contributed by atoms with E-state index in [1.807, 2.05) is 30.5 Å². The molecule has 3 aromatic carbocycles. The van der Waals surface area contributed by atoms with Gasteiger partial charge in [-0.25, -0.2) is 0 Å². The zero-order valence-corrected chi connectivity index (χ0v) is 32.8. The summed E-state index contributed by atoms with van der Waals surface area (Å²) in [6, 6.07) is 21.3. The topological polar surface area (TPSA) is 84.0 Å². The summed E-state index contributed by atoms with van der Waals surface area (Å²) in [6.07, 6.45) is 10.9. The average molecular weight is 736 g/mol. The van der Waals surface area contributed by atoms with E-state index in [2.05, 4.69) is 76.3 Å². The maximum absolute atomic E-state index is 5.75. The fourth-order valence-electron chi connectivity index (χ4n) is 7.60. The normalized spacial score (nSPS) is 17.4. The molecule has 0 radical (unpaired) electrons. The van der Waals surface area contributed by atoms with E-state index in [1.165, 1.54) is 16.8 Å². The molecule has 2 heterocycles. The minimum atomic E-state index is 0.0751. The standard InChI is InChI=1S/C44H53N3O7/c1-29-20-36(12-13-38(29)48-2)47(28-30-10-9-11-32(21-30)33-23-39(49-3)43(53-7)40(24-33)50-4)35-15-18-46(19-16-35)27-31-14-17-45-37(22-31)34-25-41(51-5)44(54-8)42(26-34)52-6/h9-14,17,20-26,29,35,38H,15-16,18-19,27-28H2,1-8H3. The number of methoxy groups -OCH3 is 7. The first kappa shape index (κ1) is 38.5. The van der Waals surface area contributed by atoms with Crippen molar-refractivity contribution in [3.8, 4) is 56.9 Å². The third-order valence-electron chi connectivity index (χ3n) is 10.5. The molecule has 1 saturated heterocycles. The van der Waals surface area contributed by atoms with Crippen LogP contribution in [0.15, 0.2) is 90.8 Å². The minimum Gasteiger partial charge on any atom is -0.493 e. The third kappa shape index (κ3) is 8.45. The van der Waals surface area contributed by atoms with Gasteiger partial charge in [0.15, 0.2) is 23.0 Å². The van der Waals surface area contributed by atoms with Crippen molar-refractivity contribution in [1.29, 1.82) is 0 Å². The average Bonchev–Trinajstić information content (AvgIpc) is 3.22. The molecule has 54 heavy (non-hydrogen) atoms. The molecular formula is C44H53N3O7. The maximum Gasteiger partial charge on any atom is 0.203 e. The Morgan fingerprint density at radius 3 is 1.85 bits per heavy atom. The van der Waals surface area contributed by atoms with Gasteiger partial charge < -0.3 is 38.1 Å². The number of ether oxygens (including phenoxy) is 7. The fourth-order valence-corrected chi connectivity index (χ4v) is 7.60. The molecule has 1 fully saturated rings. The van der Waals surface area contributed by atoms with Crippen LogP contribution in [0.2, 0.25) is 0 Å². The largest absolute Gasteiger partial charge is 0.493 e. The van der Waals surface area contributed by atoms with Gasteiger partial charge in [0.1, 0.15) is 0 Å². The lowest BCUT2D eigenvalue weighted by atomic mass is 9.94. The summed E-state index contributed by atoms with van der Waals surface area (Å²) in [5.74, 6) is 3.90. The van der Waals surface area contributed by atoms with Crippen LogP contribution in [-0.4, -0.2) is 89.8 Å². The lowest BCUT2D eigenvalue weighted by Gasteiger charge is -2.41. The molecule has 10 heteroatoms. The Kier molecular flexibility index (Phi) is 12.7. The molecular weight excluding hydrogens is 682 g/mol. The molecule has 4 aromatic rings. The summed E-state index contributed by atoms with van der Waals surface area (Å²) in [5, 5.41) is 0. The first-order chi connectivity index (χ1) is 26.3. The van der Waals surface area contributed by atoms with Gasteiger partial charge in [-0.05, 0) is 83.6 Å². The number of rotatable bonds is 15. The zero-order chi connectivity index (χ0) is 38.2. The van der Waals surface area contributed by atoms with Crippen LogP contribution in [0.4, 0.5) is 0 Å². The van der Waals surface area contributed by atoms with E-state index in [1.54, 1.807) is 49.8 Å². The van der Waals surface area contributed by atoms with Crippen molar-refractivity contribution in [3.05, 3.63) is 102 Å². The molecule has 1 aliphatic heterocycles. The molecule has 2 atom stereocenters. The predicted molar refractivity (Wildman–Crippen MR) is 212 cm³/mol. The highest BCUT2D eigenvalue weighted by atomic mass is 16.5. The van der Waals surface area contributed by atoms with Crippen molar-refractivity contribution in [2.75, 3.05) is 62.9 Å². The molecule has 0 spiro atoms. The molecule has 2 aliphatic rings. The SMILES string of the molecule is COc1cc(-c2cccc(CN(C3=CC(C)C(OC)C=C3)C3CCN(Cc4ccnc(-c5cc(OC)c(OC)c(OC)c5)c4)CC3)c2)cc(OC)c1OC. The summed E-state index contributed by atoms with van der Waals surface area (Å²) < 4.78 is 39.4. The van der Waals surface area contributed by atoms with Crippen molar-refractivity contribution in [1.82, 2.24) is 14.8 Å². The van der Waals surface area contributed by atoms with E-state index < -0.39 is 0 Å². The van der Waals surface area contributed by atoms with Crippen molar-refractivity contribution < 1.29 is 33.2 Å². The van der Waals surface area contributed by atoms with Gasteiger partial charge in [0.2, 0.25) is 11.5 Å². The van der Waals surface area contributed by atoms with E-state index in [-0.39, 0.29) is 12.0 Å². The van der Waals surface area contributed by atoms with Gasteiger partial charge in [0, 0.05) is 62.7 Å². The Morgan fingerprint density at radius 2 is 1.30 bits per heavy atom. The van der Waals surface area contributed by atoms with Crippen molar-refractivity contribution in [2.24, 2.45) is 5.92 Å². The first-order valence-electron chi connectivity index (χ1n) is 18.4. The van der Waals surface area contributed by atoms with Crippen LogP contribution < -0.4 is 28.4 Å². The summed E-state index contributed by atoms with van der Waals surface area (Å²) in [4.78, 5) is 9.83.